The minimum atomic E-state index is 1.02. The lowest BCUT2D eigenvalue weighted by atomic mass is 10.1. The Bertz CT molecular complexity index is 448. The molecular formula is C15H22N3+. The van der Waals surface area contributed by atoms with E-state index in [0.717, 1.165) is 12.2 Å². The van der Waals surface area contributed by atoms with Crippen LogP contribution in [0.2, 0.25) is 0 Å². The highest BCUT2D eigenvalue weighted by atomic mass is 15.4. The number of nitrogens with zero attached hydrogens (tertiary/aromatic N) is 2. The molecule has 3 nitrogen and oxygen atoms in total. The van der Waals surface area contributed by atoms with Gasteiger partial charge in [-0.1, -0.05) is 61.7 Å². The van der Waals surface area contributed by atoms with E-state index in [1.165, 1.54) is 37.7 Å². The second kappa shape index (κ2) is 6.94. The first kappa shape index (κ1) is 12.8. The summed E-state index contributed by atoms with van der Waals surface area (Å²) in [6, 6.07) is 10.3. The molecule has 1 aromatic carbocycles. The van der Waals surface area contributed by atoms with Crippen molar-refractivity contribution in [2.24, 2.45) is 0 Å². The maximum absolute atomic E-state index is 4.34. The van der Waals surface area contributed by atoms with E-state index in [1.807, 2.05) is 18.2 Å². The Balaban J connectivity index is 1.83. The smallest absolute Gasteiger partial charge is 0.162 e. The number of H-pyrrole nitrogens is 1. The van der Waals surface area contributed by atoms with Crippen molar-refractivity contribution in [2.45, 2.75) is 45.6 Å². The van der Waals surface area contributed by atoms with Gasteiger partial charge >= 0.3 is 0 Å². The van der Waals surface area contributed by atoms with Crippen LogP contribution in [-0.2, 0) is 6.54 Å². The van der Waals surface area contributed by atoms with Gasteiger partial charge in [0.2, 0.25) is 5.69 Å². The van der Waals surface area contributed by atoms with Gasteiger partial charge in [0.1, 0.15) is 6.54 Å². The topological polar surface area (TPSA) is 32.6 Å². The molecule has 0 aliphatic rings. The fourth-order valence-electron chi connectivity index (χ4n) is 2.07. The SMILES string of the molecule is CCCCCCC[n+]1cc(-c2ccccc2)n[nH]1. The third-order valence-corrected chi connectivity index (χ3v) is 3.15. The van der Waals surface area contributed by atoms with E-state index < -0.39 is 0 Å². The maximum atomic E-state index is 4.34. The highest BCUT2D eigenvalue weighted by Crippen LogP contribution is 2.13. The lowest BCUT2D eigenvalue weighted by molar-refractivity contribution is -0.753. The van der Waals surface area contributed by atoms with Crippen molar-refractivity contribution in [3.63, 3.8) is 0 Å². The molecule has 2 aromatic rings. The number of benzene rings is 1. The van der Waals surface area contributed by atoms with Gasteiger partial charge in [-0.3, -0.25) is 0 Å². The van der Waals surface area contributed by atoms with E-state index in [2.05, 4.69) is 40.2 Å². The van der Waals surface area contributed by atoms with Crippen LogP contribution in [0, 0.1) is 0 Å². The highest BCUT2D eigenvalue weighted by Gasteiger charge is 2.10. The Kier molecular flexibility index (Phi) is 4.94. The van der Waals surface area contributed by atoms with Crippen LogP contribution in [0.3, 0.4) is 0 Å². The average Bonchev–Trinajstić information content (AvgIpc) is 2.88. The maximum Gasteiger partial charge on any atom is 0.248 e. The summed E-state index contributed by atoms with van der Waals surface area (Å²) in [4.78, 5) is 0. The van der Waals surface area contributed by atoms with Crippen molar-refractivity contribution >= 4 is 0 Å². The van der Waals surface area contributed by atoms with Crippen LogP contribution in [0.5, 0.6) is 0 Å². The first-order valence-corrected chi connectivity index (χ1v) is 6.90. The molecule has 0 saturated carbocycles. The number of nitrogens with one attached hydrogen (secondary N) is 1. The highest BCUT2D eigenvalue weighted by molar-refractivity contribution is 5.56. The second-order valence-electron chi connectivity index (χ2n) is 4.70. The molecule has 1 heterocycles. The van der Waals surface area contributed by atoms with Crippen LogP contribution in [-0.4, -0.2) is 10.3 Å². The lowest BCUT2D eigenvalue weighted by Crippen LogP contribution is -2.34. The second-order valence-corrected chi connectivity index (χ2v) is 4.70. The van der Waals surface area contributed by atoms with Gasteiger partial charge in [-0.05, 0) is 12.8 Å². The van der Waals surface area contributed by atoms with Crippen molar-refractivity contribution in [3.8, 4) is 11.3 Å². The van der Waals surface area contributed by atoms with Crippen LogP contribution in [0.1, 0.15) is 39.0 Å². The molecule has 2 rings (SSSR count). The molecule has 0 aliphatic heterocycles. The van der Waals surface area contributed by atoms with Crippen LogP contribution in [0.25, 0.3) is 11.3 Å². The number of unbranched alkanes of at least 4 members (excludes halogenated alkanes) is 4. The first-order valence-electron chi connectivity index (χ1n) is 6.90. The van der Waals surface area contributed by atoms with E-state index >= 15 is 0 Å². The number of aromatic nitrogens is 3. The molecule has 0 amide bonds. The molecule has 0 spiro atoms. The first-order chi connectivity index (χ1) is 8.90. The van der Waals surface area contributed by atoms with Crippen LogP contribution >= 0.6 is 0 Å². The summed E-state index contributed by atoms with van der Waals surface area (Å²) < 4.78 is 2.08. The number of hydrogen-bond acceptors (Lipinski definition) is 1. The van der Waals surface area contributed by atoms with Crippen LogP contribution in [0.15, 0.2) is 36.5 Å². The number of rotatable bonds is 7. The van der Waals surface area contributed by atoms with Crippen molar-refractivity contribution in [3.05, 3.63) is 36.5 Å². The third-order valence-electron chi connectivity index (χ3n) is 3.15. The molecule has 0 atom stereocenters. The summed E-state index contributed by atoms with van der Waals surface area (Å²) in [5, 5.41) is 7.40. The molecule has 3 heteroatoms. The summed E-state index contributed by atoms with van der Waals surface area (Å²) in [6.07, 6.45) is 8.62. The number of hydrogen-bond donors (Lipinski definition) is 1. The van der Waals surface area contributed by atoms with E-state index in [1.54, 1.807) is 0 Å². The number of aryl methyl sites for hydroxylation is 1. The van der Waals surface area contributed by atoms with Gasteiger partial charge < -0.3 is 0 Å². The van der Waals surface area contributed by atoms with Gasteiger partial charge in [0, 0.05) is 10.7 Å². The Morgan fingerprint density at radius 2 is 1.83 bits per heavy atom. The molecule has 0 saturated heterocycles. The molecule has 18 heavy (non-hydrogen) atoms. The molecule has 0 radical (unpaired) electrons. The molecule has 1 N–H and O–H groups in total. The summed E-state index contributed by atoms with van der Waals surface area (Å²) >= 11 is 0. The van der Waals surface area contributed by atoms with E-state index in [0.29, 0.717) is 0 Å². The van der Waals surface area contributed by atoms with E-state index in [-0.39, 0.29) is 0 Å². The van der Waals surface area contributed by atoms with Crippen LogP contribution in [0.4, 0.5) is 0 Å². The summed E-state index contributed by atoms with van der Waals surface area (Å²) in [5.74, 6) is 0. The Labute approximate surface area is 109 Å². The Hall–Kier alpha value is -1.64. The Morgan fingerprint density at radius 3 is 2.61 bits per heavy atom. The number of aromatic amines is 1. The van der Waals surface area contributed by atoms with Crippen molar-refractivity contribution in [1.82, 2.24) is 10.3 Å². The minimum absolute atomic E-state index is 1.02. The lowest BCUT2D eigenvalue weighted by Gasteiger charge is -1.96. The van der Waals surface area contributed by atoms with E-state index in [4.69, 9.17) is 0 Å². The normalized spacial score (nSPS) is 10.7. The fraction of sp³-hybridized carbons (Fsp3) is 0.467. The van der Waals surface area contributed by atoms with Gasteiger partial charge in [0.05, 0.1) is 0 Å². The van der Waals surface area contributed by atoms with Gasteiger partial charge in [0.15, 0.2) is 6.20 Å². The molecule has 0 fully saturated rings. The van der Waals surface area contributed by atoms with Gasteiger partial charge in [-0.25, -0.2) is 0 Å². The molecule has 0 aliphatic carbocycles. The predicted molar refractivity (Wildman–Crippen MR) is 73.0 cm³/mol. The van der Waals surface area contributed by atoms with Gasteiger partial charge in [0.25, 0.3) is 0 Å². The standard InChI is InChI=1S/C15H21N3/c1-2-3-4-5-9-12-18-13-15(16-17-18)14-10-7-6-8-11-14/h6-8,10-11,13H,2-5,9,12H2,1H3/p+1. The van der Waals surface area contributed by atoms with Gasteiger partial charge in [-0.2, -0.15) is 4.68 Å². The zero-order valence-electron chi connectivity index (χ0n) is 11.1. The quantitative estimate of drug-likeness (QED) is 0.588. The molecule has 96 valence electrons. The molecule has 1 aromatic heterocycles. The fourth-order valence-corrected chi connectivity index (χ4v) is 2.07. The van der Waals surface area contributed by atoms with Gasteiger partial charge in [-0.15, -0.1) is 0 Å². The summed E-state index contributed by atoms with van der Waals surface area (Å²) in [7, 11) is 0. The summed E-state index contributed by atoms with van der Waals surface area (Å²) in [6.45, 7) is 3.28. The molecular weight excluding hydrogens is 222 g/mol. The summed E-state index contributed by atoms with van der Waals surface area (Å²) in [5.41, 5.74) is 2.18. The van der Waals surface area contributed by atoms with Crippen molar-refractivity contribution in [2.75, 3.05) is 0 Å². The molecule has 0 bridgehead atoms. The average molecular weight is 244 g/mol. The van der Waals surface area contributed by atoms with Crippen molar-refractivity contribution < 1.29 is 4.68 Å². The van der Waals surface area contributed by atoms with Crippen molar-refractivity contribution in [1.29, 1.82) is 0 Å². The predicted octanol–water partition coefficient (Wildman–Crippen LogP) is 3.33. The van der Waals surface area contributed by atoms with E-state index in [9.17, 15) is 0 Å². The molecule has 0 unspecified atom stereocenters. The Morgan fingerprint density at radius 1 is 1.06 bits per heavy atom. The zero-order chi connectivity index (χ0) is 12.6. The largest absolute Gasteiger partial charge is 0.248 e. The third kappa shape index (κ3) is 3.69. The van der Waals surface area contributed by atoms with Crippen LogP contribution < -0.4 is 4.68 Å². The monoisotopic (exact) mass is 244 g/mol. The zero-order valence-corrected chi connectivity index (χ0v) is 11.1. The minimum Gasteiger partial charge on any atom is -0.162 e.